The molecule has 0 radical (unpaired) electrons. The SMILES string of the molecule is Cc1cc(N2CCc3c(nc(OCCN(C)C)nc3N3CCN(C(=O)OC(C)(C)C)CC3CCO[Si](c3ccccc3)(c3ccccc3)C(C)(C)C)C2)c2ccccc2c1. The molecule has 1 amide bonds. The summed E-state index contributed by atoms with van der Waals surface area (Å²) in [5.74, 6) is 0.896. The summed E-state index contributed by atoms with van der Waals surface area (Å²) in [4.78, 5) is 32.9. The molecule has 1 aromatic heterocycles. The van der Waals surface area contributed by atoms with Gasteiger partial charge in [0.25, 0.3) is 8.32 Å². The number of nitrogens with zero attached hydrogens (tertiary/aromatic N) is 6. The van der Waals surface area contributed by atoms with Gasteiger partial charge >= 0.3 is 12.1 Å². The highest BCUT2D eigenvalue weighted by atomic mass is 28.4. The van der Waals surface area contributed by atoms with E-state index in [4.69, 9.17) is 23.9 Å². The molecule has 2 aliphatic rings. The average molecular weight is 829 g/mol. The van der Waals surface area contributed by atoms with E-state index >= 15 is 0 Å². The molecule has 10 nitrogen and oxygen atoms in total. The highest BCUT2D eigenvalue weighted by molar-refractivity contribution is 6.99. The molecule has 3 heterocycles. The molecule has 0 spiro atoms. The Bertz CT molecular complexity index is 2200. The number of anilines is 2. The van der Waals surface area contributed by atoms with E-state index in [1.807, 2.05) is 39.8 Å². The van der Waals surface area contributed by atoms with E-state index in [2.05, 4.69) is 139 Å². The minimum absolute atomic E-state index is 0.100. The average Bonchev–Trinajstić information content (AvgIpc) is 3.21. The number of hydrogen-bond acceptors (Lipinski definition) is 9. The van der Waals surface area contributed by atoms with E-state index in [9.17, 15) is 4.79 Å². The van der Waals surface area contributed by atoms with Crippen LogP contribution in [0.5, 0.6) is 6.01 Å². The third kappa shape index (κ3) is 9.48. The van der Waals surface area contributed by atoms with E-state index < -0.39 is 13.9 Å². The molecule has 11 heteroatoms. The summed E-state index contributed by atoms with van der Waals surface area (Å²) in [6.07, 6.45) is 1.17. The molecule has 0 N–H and O–H groups in total. The lowest BCUT2D eigenvalue weighted by atomic mass is 9.99. The topological polar surface area (TPSA) is 83.5 Å². The molecule has 60 heavy (non-hydrogen) atoms. The molecule has 0 saturated carbocycles. The number of likely N-dealkylation sites (N-methyl/N-ethyl adjacent to an activating group) is 1. The van der Waals surface area contributed by atoms with Crippen molar-refractivity contribution < 1.29 is 18.7 Å². The molecule has 318 valence electrons. The van der Waals surface area contributed by atoms with Gasteiger partial charge in [-0.05, 0) is 87.1 Å². The van der Waals surface area contributed by atoms with Crippen molar-refractivity contribution in [1.82, 2.24) is 19.8 Å². The quantitative estimate of drug-likeness (QED) is 0.117. The van der Waals surface area contributed by atoms with Crippen molar-refractivity contribution in [1.29, 1.82) is 0 Å². The molecule has 1 atom stereocenters. The van der Waals surface area contributed by atoms with E-state index in [0.717, 1.165) is 36.6 Å². The number of aryl methyl sites for hydroxylation is 1. The van der Waals surface area contributed by atoms with Gasteiger partial charge in [0, 0.05) is 56.0 Å². The Morgan fingerprint density at radius 2 is 1.50 bits per heavy atom. The minimum Gasteiger partial charge on any atom is -0.462 e. The molecule has 4 aromatic carbocycles. The number of hydrogen-bond donors (Lipinski definition) is 0. The first-order chi connectivity index (χ1) is 28.6. The standard InChI is InChI=1S/C49H64N6O4Si/c1-36-32-37-18-16-17-23-41(37)44(33-36)53-26-24-42-43(35-53)50-46(57-31-29-52(8)9)51-45(42)55-28-27-54(47(56)59-48(2,3)4)34-38(55)25-30-58-60(49(5,6)7,39-19-12-10-13-20-39)40-21-14-11-15-22-40/h10-23,32-33,38H,24-31,34-35H2,1-9H3. The van der Waals surface area contributed by atoms with Gasteiger partial charge in [0.15, 0.2) is 0 Å². The van der Waals surface area contributed by atoms with Gasteiger partial charge < -0.3 is 33.5 Å². The summed E-state index contributed by atoms with van der Waals surface area (Å²) in [5.41, 5.74) is 3.97. The molecule has 1 saturated heterocycles. The van der Waals surface area contributed by atoms with Crippen LogP contribution >= 0.6 is 0 Å². The predicted molar refractivity (Wildman–Crippen MR) is 247 cm³/mol. The predicted octanol–water partition coefficient (Wildman–Crippen LogP) is 7.83. The second-order valence-electron chi connectivity index (χ2n) is 18.7. The fourth-order valence-electron chi connectivity index (χ4n) is 8.90. The zero-order valence-electron chi connectivity index (χ0n) is 37.2. The number of amides is 1. The molecule has 1 unspecified atom stereocenters. The van der Waals surface area contributed by atoms with Gasteiger partial charge in [0.2, 0.25) is 0 Å². The van der Waals surface area contributed by atoms with Crippen LogP contribution in [0.4, 0.5) is 16.3 Å². The number of carbonyl (C=O) groups excluding carboxylic acids is 1. The summed E-state index contributed by atoms with van der Waals surface area (Å²) in [6.45, 7) is 19.6. The number of aromatic nitrogens is 2. The minimum atomic E-state index is -2.80. The van der Waals surface area contributed by atoms with Crippen molar-refractivity contribution in [2.75, 3.05) is 69.8 Å². The smallest absolute Gasteiger partial charge is 0.410 e. The third-order valence-electron chi connectivity index (χ3n) is 11.7. The molecule has 0 bridgehead atoms. The Balaban J connectivity index is 1.26. The molecule has 2 aliphatic heterocycles. The summed E-state index contributed by atoms with van der Waals surface area (Å²) in [5, 5.41) is 4.80. The molecular formula is C49H64N6O4Si. The van der Waals surface area contributed by atoms with Crippen LogP contribution in [0.15, 0.2) is 97.1 Å². The third-order valence-corrected chi connectivity index (χ3v) is 16.8. The van der Waals surface area contributed by atoms with Crippen molar-refractivity contribution in [3.05, 3.63) is 114 Å². The summed E-state index contributed by atoms with van der Waals surface area (Å²) < 4.78 is 19.7. The lowest BCUT2D eigenvalue weighted by Crippen LogP contribution is -2.67. The summed E-state index contributed by atoms with van der Waals surface area (Å²) >= 11 is 0. The van der Waals surface area contributed by atoms with Crippen molar-refractivity contribution in [2.24, 2.45) is 0 Å². The summed E-state index contributed by atoms with van der Waals surface area (Å²) in [6, 6.07) is 35.0. The monoisotopic (exact) mass is 828 g/mol. The van der Waals surface area contributed by atoms with Crippen LogP contribution in [0.3, 0.4) is 0 Å². The molecule has 0 aliphatic carbocycles. The Labute approximate surface area is 358 Å². The first-order valence-corrected chi connectivity index (χ1v) is 23.4. The van der Waals surface area contributed by atoms with Crippen LogP contribution < -0.4 is 24.9 Å². The number of carbonyl (C=O) groups is 1. The normalized spacial score (nSPS) is 16.3. The zero-order chi connectivity index (χ0) is 42.7. The fraction of sp³-hybridized carbons (Fsp3) is 0.449. The number of benzene rings is 4. The number of ether oxygens (including phenoxy) is 2. The lowest BCUT2D eigenvalue weighted by molar-refractivity contribution is 0.0207. The van der Waals surface area contributed by atoms with Crippen LogP contribution in [0.25, 0.3) is 10.8 Å². The molecular weight excluding hydrogens is 765 g/mol. The van der Waals surface area contributed by atoms with Gasteiger partial charge in [-0.2, -0.15) is 9.97 Å². The van der Waals surface area contributed by atoms with Crippen LogP contribution in [0.2, 0.25) is 5.04 Å². The van der Waals surface area contributed by atoms with Crippen molar-refractivity contribution in [3.8, 4) is 6.01 Å². The maximum atomic E-state index is 13.7. The van der Waals surface area contributed by atoms with Crippen molar-refractivity contribution in [2.45, 2.75) is 84.5 Å². The van der Waals surface area contributed by atoms with Crippen molar-refractivity contribution in [3.63, 3.8) is 0 Å². The van der Waals surface area contributed by atoms with Gasteiger partial charge in [-0.3, -0.25) is 0 Å². The maximum Gasteiger partial charge on any atom is 0.410 e. The first-order valence-electron chi connectivity index (χ1n) is 21.5. The molecule has 5 aromatic rings. The summed E-state index contributed by atoms with van der Waals surface area (Å²) in [7, 11) is 1.27. The van der Waals surface area contributed by atoms with E-state index in [0.29, 0.717) is 51.8 Å². The lowest BCUT2D eigenvalue weighted by Gasteiger charge is -2.45. The van der Waals surface area contributed by atoms with Gasteiger partial charge in [0.05, 0.1) is 18.3 Å². The highest BCUT2D eigenvalue weighted by Crippen LogP contribution is 2.39. The van der Waals surface area contributed by atoms with Gasteiger partial charge in [-0.1, -0.05) is 112 Å². The maximum absolute atomic E-state index is 13.7. The highest BCUT2D eigenvalue weighted by Gasteiger charge is 2.50. The Morgan fingerprint density at radius 3 is 2.15 bits per heavy atom. The first kappa shape index (κ1) is 43.1. The molecule has 7 rings (SSSR count). The van der Waals surface area contributed by atoms with Crippen LogP contribution in [0.1, 0.15) is 64.8 Å². The largest absolute Gasteiger partial charge is 0.462 e. The number of piperazine rings is 1. The van der Waals surface area contributed by atoms with Gasteiger partial charge in [-0.25, -0.2) is 4.79 Å². The zero-order valence-corrected chi connectivity index (χ0v) is 38.2. The van der Waals surface area contributed by atoms with Crippen LogP contribution in [-0.2, 0) is 22.1 Å². The van der Waals surface area contributed by atoms with Gasteiger partial charge in [-0.15, -0.1) is 0 Å². The van der Waals surface area contributed by atoms with Gasteiger partial charge in [0.1, 0.15) is 18.0 Å². The van der Waals surface area contributed by atoms with Crippen LogP contribution in [-0.4, -0.2) is 106 Å². The Hall–Kier alpha value is -4.97. The number of rotatable bonds is 12. The molecule has 1 fully saturated rings. The Morgan fingerprint density at radius 1 is 0.833 bits per heavy atom. The Kier molecular flexibility index (Phi) is 12.9. The second-order valence-corrected chi connectivity index (χ2v) is 23.0. The number of fused-ring (bicyclic) bond motifs is 2. The van der Waals surface area contributed by atoms with E-state index in [1.54, 1.807) is 0 Å². The van der Waals surface area contributed by atoms with Crippen molar-refractivity contribution >= 4 is 47.1 Å². The second kappa shape index (κ2) is 17.9. The van der Waals surface area contributed by atoms with E-state index in [-0.39, 0.29) is 17.2 Å². The van der Waals surface area contributed by atoms with E-state index in [1.165, 1.54) is 32.4 Å². The van der Waals surface area contributed by atoms with Crippen LogP contribution in [0, 0.1) is 6.92 Å². The fourth-order valence-corrected chi connectivity index (χ4v) is 13.5.